The lowest BCUT2D eigenvalue weighted by Gasteiger charge is -2.30. The fourth-order valence-corrected chi connectivity index (χ4v) is 2.58. The molecule has 1 saturated heterocycles. The highest BCUT2D eigenvalue weighted by Gasteiger charge is 2.52. The van der Waals surface area contributed by atoms with Gasteiger partial charge in [-0.1, -0.05) is 36.5 Å². The van der Waals surface area contributed by atoms with Crippen molar-refractivity contribution in [1.29, 1.82) is 0 Å². The molecule has 9 heteroatoms. The zero-order chi connectivity index (χ0) is 21.1. The number of allylic oxidation sites excluding steroid dienone is 5. The molecule has 1 fully saturated rings. The van der Waals surface area contributed by atoms with Crippen molar-refractivity contribution in [3.63, 3.8) is 0 Å². The van der Waals surface area contributed by atoms with Crippen LogP contribution in [0.3, 0.4) is 0 Å². The number of alkyl halides is 3. The zero-order valence-corrected chi connectivity index (χ0v) is 14.6. The summed E-state index contributed by atoms with van der Waals surface area (Å²) in [5, 5.41) is 0. The molecule has 0 aromatic carbocycles. The Morgan fingerprint density at radius 3 is 2.18 bits per heavy atom. The van der Waals surface area contributed by atoms with Crippen LogP contribution in [0.25, 0.3) is 0 Å². The molecule has 28 heavy (non-hydrogen) atoms. The largest absolute Gasteiger partial charge is 0.401 e. The van der Waals surface area contributed by atoms with Gasteiger partial charge in [-0.3, -0.25) is 9.59 Å². The van der Waals surface area contributed by atoms with Gasteiger partial charge in [0.2, 0.25) is 0 Å². The second kappa shape index (κ2) is 7.79. The van der Waals surface area contributed by atoms with Crippen molar-refractivity contribution in [1.82, 2.24) is 0 Å². The van der Waals surface area contributed by atoms with E-state index in [1.54, 1.807) is 0 Å². The van der Waals surface area contributed by atoms with Gasteiger partial charge >= 0.3 is 30.1 Å². The lowest BCUT2D eigenvalue weighted by molar-refractivity contribution is -0.186. The molecule has 0 spiro atoms. The topological polar surface area (TPSA) is 86.7 Å². The molecule has 0 radical (unpaired) electrons. The first kappa shape index (κ1) is 21.1. The first-order valence-electron chi connectivity index (χ1n) is 7.96. The van der Waals surface area contributed by atoms with Crippen LogP contribution in [0.4, 0.5) is 13.2 Å². The first-order valence-corrected chi connectivity index (χ1v) is 7.96. The molecule has 2 rings (SSSR count). The highest BCUT2D eigenvalue weighted by molar-refractivity contribution is 5.98. The van der Waals surface area contributed by atoms with Gasteiger partial charge in [-0.05, 0) is 12.5 Å². The molecular weight excluding hydrogens is 381 g/mol. The molecular formula is C19H15F3O6. The third-order valence-electron chi connectivity index (χ3n) is 4.32. The van der Waals surface area contributed by atoms with Crippen LogP contribution in [-0.2, 0) is 28.7 Å². The normalized spacial score (nSPS) is 26.6. The fourth-order valence-electron chi connectivity index (χ4n) is 2.58. The Hall–Kier alpha value is -3.23. The third kappa shape index (κ3) is 4.19. The Bertz CT molecular complexity index is 846. The minimum absolute atomic E-state index is 0.396. The number of ether oxygens (including phenoxy) is 2. The van der Waals surface area contributed by atoms with Crippen LogP contribution in [0.5, 0.6) is 0 Å². The van der Waals surface area contributed by atoms with Gasteiger partial charge in [0.25, 0.3) is 0 Å². The molecule has 0 saturated carbocycles. The van der Waals surface area contributed by atoms with Crippen molar-refractivity contribution in [2.75, 3.05) is 0 Å². The second-order valence-electron chi connectivity index (χ2n) is 6.14. The van der Waals surface area contributed by atoms with E-state index in [-0.39, 0.29) is 0 Å². The highest BCUT2D eigenvalue weighted by Crippen LogP contribution is 2.46. The van der Waals surface area contributed by atoms with Crippen molar-refractivity contribution in [3.8, 4) is 0 Å². The van der Waals surface area contributed by atoms with E-state index in [0.717, 1.165) is 43.4 Å². The first-order chi connectivity index (χ1) is 13.0. The number of hydrogen-bond donors (Lipinski definition) is 0. The van der Waals surface area contributed by atoms with E-state index in [9.17, 15) is 32.3 Å². The summed E-state index contributed by atoms with van der Waals surface area (Å²) in [6.07, 6.45) is 2.29. The van der Waals surface area contributed by atoms with Crippen LogP contribution in [-0.4, -0.2) is 30.1 Å². The Morgan fingerprint density at radius 1 is 0.964 bits per heavy atom. The average molecular weight is 396 g/mol. The highest BCUT2D eigenvalue weighted by atomic mass is 19.4. The maximum atomic E-state index is 13.9. The van der Waals surface area contributed by atoms with E-state index in [1.165, 1.54) is 0 Å². The fraction of sp³-hybridized carbons (Fsp3) is 0.263. The number of rotatable bonds is 4. The Morgan fingerprint density at radius 2 is 1.57 bits per heavy atom. The predicted molar refractivity (Wildman–Crippen MR) is 89.0 cm³/mol. The summed E-state index contributed by atoms with van der Waals surface area (Å²) < 4.78 is 50.4. The quantitative estimate of drug-likeness (QED) is 0.413. The Labute approximate surface area is 157 Å². The van der Waals surface area contributed by atoms with Crippen LogP contribution in [0.15, 0.2) is 60.8 Å². The van der Waals surface area contributed by atoms with Crippen molar-refractivity contribution in [2.45, 2.75) is 13.1 Å². The van der Waals surface area contributed by atoms with Gasteiger partial charge in [0.05, 0.1) is 11.8 Å². The van der Waals surface area contributed by atoms with Gasteiger partial charge in [-0.15, -0.1) is 6.58 Å². The summed E-state index contributed by atoms with van der Waals surface area (Å²) >= 11 is 0. The summed E-state index contributed by atoms with van der Waals surface area (Å²) in [5.41, 5.74) is -3.05. The van der Waals surface area contributed by atoms with Gasteiger partial charge in [0.15, 0.2) is 0 Å². The summed E-state index contributed by atoms with van der Waals surface area (Å²) in [5.74, 6) is -6.39. The molecule has 0 aliphatic carbocycles. The predicted octanol–water partition coefficient (Wildman–Crippen LogP) is 2.74. The van der Waals surface area contributed by atoms with E-state index in [4.69, 9.17) is 0 Å². The Kier molecular flexibility index (Phi) is 5.86. The van der Waals surface area contributed by atoms with E-state index >= 15 is 0 Å². The van der Waals surface area contributed by atoms with Crippen molar-refractivity contribution >= 4 is 23.9 Å². The van der Waals surface area contributed by atoms with Crippen LogP contribution in [0.2, 0.25) is 0 Å². The van der Waals surface area contributed by atoms with Crippen LogP contribution in [0.1, 0.15) is 6.92 Å². The number of halogens is 3. The van der Waals surface area contributed by atoms with Gasteiger partial charge in [-0.2, -0.15) is 13.2 Å². The molecule has 0 aromatic heterocycles. The third-order valence-corrected chi connectivity index (χ3v) is 4.32. The maximum absolute atomic E-state index is 13.9. The zero-order valence-electron chi connectivity index (χ0n) is 14.6. The summed E-state index contributed by atoms with van der Waals surface area (Å²) in [7, 11) is 0. The summed E-state index contributed by atoms with van der Waals surface area (Å²) in [6.45, 7) is 4.21. The smallest absolute Gasteiger partial charge is 0.392 e. The van der Waals surface area contributed by atoms with Gasteiger partial charge in [0.1, 0.15) is 5.41 Å². The summed E-state index contributed by atoms with van der Waals surface area (Å²) in [4.78, 5) is 46.0. The van der Waals surface area contributed by atoms with E-state index in [0.29, 0.717) is 12.2 Å². The van der Waals surface area contributed by atoms with Gasteiger partial charge < -0.3 is 9.47 Å². The van der Waals surface area contributed by atoms with E-state index in [1.807, 2.05) is 0 Å². The number of esters is 4. The molecule has 0 amide bonds. The van der Waals surface area contributed by atoms with Crippen LogP contribution in [0, 0.1) is 17.3 Å². The molecule has 6 nitrogen and oxygen atoms in total. The lowest BCUT2D eigenvalue weighted by Crippen LogP contribution is -2.35. The molecule has 0 aromatic rings. The van der Waals surface area contributed by atoms with Crippen LogP contribution < -0.4 is 0 Å². The minimum atomic E-state index is -4.84. The number of cyclic esters (lactones) is 4. The molecule has 2 aliphatic heterocycles. The maximum Gasteiger partial charge on any atom is 0.401 e. The monoisotopic (exact) mass is 396 g/mol. The van der Waals surface area contributed by atoms with Crippen molar-refractivity contribution in [3.05, 3.63) is 60.8 Å². The average Bonchev–Trinajstić information content (AvgIpc) is 2.90. The van der Waals surface area contributed by atoms with E-state index in [2.05, 4.69) is 16.1 Å². The molecule has 3 atom stereocenters. The van der Waals surface area contributed by atoms with Gasteiger partial charge in [0, 0.05) is 12.2 Å². The molecule has 148 valence electrons. The molecule has 3 unspecified atom stereocenters. The van der Waals surface area contributed by atoms with E-state index < -0.39 is 52.9 Å². The molecule has 2 heterocycles. The van der Waals surface area contributed by atoms with Crippen molar-refractivity contribution < 1.29 is 41.8 Å². The number of carbonyl (C=O) groups is 4. The molecule has 0 N–H and O–H groups in total. The number of carbonyl (C=O) groups excluding carboxylic acids is 4. The van der Waals surface area contributed by atoms with Crippen molar-refractivity contribution in [2.24, 2.45) is 17.3 Å². The SMILES string of the molecule is C=CC1C(=O)OC(=O)C1/C=C/C(C)(C1=C/C=C/C(=O)OC(=O)C=C1)C(F)(F)F. The standard InChI is InChI=1S/C19H15F3O6/c1-3-12-13(17(26)28-16(12)25)9-10-18(2,19(20,21)22)11-5-4-6-14(23)27-15(24)8-7-11/h3-10,12-13H,1H2,2H3/b6-4+,8-7?,10-9+,11-5?. The molecule has 2 aliphatic rings. The number of hydrogen-bond acceptors (Lipinski definition) is 6. The van der Waals surface area contributed by atoms with Crippen LogP contribution >= 0.6 is 0 Å². The Balaban J connectivity index is 2.51. The minimum Gasteiger partial charge on any atom is -0.392 e. The summed E-state index contributed by atoms with van der Waals surface area (Å²) in [6, 6.07) is 0. The lowest BCUT2D eigenvalue weighted by atomic mass is 9.78. The second-order valence-corrected chi connectivity index (χ2v) is 6.14. The van der Waals surface area contributed by atoms with Gasteiger partial charge in [-0.25, -0.2) is 9.59 Å². The molecule has 0 bridgehead atoms.